The van der Waals surface area contributed by atoms with Crippen molar-refractivity contribution in [1.29, 1.82) is 0 Å². The van der Waals surface area contributed by atoms with E-state index >= 15 is 0 Å². The molecule has 82 valence electrons. The Balaban J connectivity index is 2.40. The van der Waals surface area contributed by atoms with Crippen molar-refractivity contribution in [2.75, 3.05) is 20.2 Å². The normalized spacial score (nSPS) is 20.5. The Hall–Kier alpha value is -1.36. The first-order valence-corrected chi connectivity index (χ1v) is 5.08. The average Bonchev–Trinajstić information content (AvgIpc) is 2.75. The summed E-state index contributed by atoms with van der Waals surface area (Å²) in [6.45, 7) is 3.56. The van der Waals surface area contributed by atoms with Gasteiger partial charge in [-0.25, -0.2) is 0 Å². The second-order valence-corrected chi connectivity index (χ2v) is 3.78. The van der Waals surface area contributed by atoms with Gasteiger partial charge in [-0.05, 0) is 19.9 Å². The van der Waals surface area contributed by atoms with E-state index in [0.29, 0.717) is 17.4 Å². The molecule has 0 radical (unpaired) electrons. The van der Waals surface area contributed by atoms with Crippen molar-refractivity contribution in [3.63, 3.8) is 0 Å². The minimum absolute atomic E-state index is 0.108. The SMILES string of the molecule is COc1nc(C2CCNC2)[nH]c(=O)c1C. The molecule has 1 unspecified atom stereocenters. The molecule has 1 atom stereocenters. The number of H-pyrrole nitrogens is 1. The zero-order chi connectivity index (χ0) is 10.8. The number of hydrogen-bond donors (Lipinski definition) is 2. The molecule has 0 aromatic carbocycles. The topological polar surface area (TPSA) is 67.0 Å². The molecule has 2 N–H and O–H groups in total. The summed E-state index contributed by atoms with van der Waals surface area (Å²) in [6.07, 6.45) is 1.01. The van der Waals surface area contributed by atoms with Gasteiger partial charge in [0.1, 0.15) is 5.82 Å². The largest absolute Gasteiger partial charge is 0.481 e. The van der Waals surface area contributed by atoms with Crippen LogP contribution in [0.25, 0.3) is 0 Å². The highest BCUT2D eigenvalue weighted by molar-refractivity contribution is 5.23. The second kappa shape index (κ2) is 4.02. The lowest BCUT2D eigenvalue weighted by Gasteiger charge is -2.10. The molecule has 15 heavy (non-hydrogen) atoms. The molecule has 0 saturated carbocycles. The maximum atomic E-state index is 11.6. The Labute approximate surface area is 87.9 Å². The zero-order valence-electron chi connectivity index (χ0n) is 8.96. The lowest BCUT2D eigenvalue weighted by Crippen LogP contribution is -2.19. The van der Waals surface area contributed by atoms with E-state index in [0.717, 1.165) is 25.3 Å². The van der Waals surface area contributed by atoms with Crippen LogP contribution in [0.3, 0.4) is 0 Å². The van der Waals surface area contributed by atoms with Gasteiger partial charge in [0.2, 0.25) is 5.88 Å². The van der Waals surface area contributed by atoms with Crippen LogP contribution < -0.4 is 15.6 Å². The molecule has 0 bridgehead atoms. The third kappa shape index (κ3) is 1.87. The summed E-state index contributed by atoms with van der Waals surface area (Å²) >= 11 is 0. The van der Waals surface area contributed by atoms with Gasteiger partial charge in [-0.15, -0.1) is 0 Å². The molecule has 2 heterocycles. The summed E-state index contributed by atoms with van der Waals surface area (Å²) in [6, 6.07) is 0. The molecule has 1 aromatic heterocycles. The zero-order valence-corrected chi connectivity index (χ0v) is 8.96. The van der Waals surface area contributed by atoms with Gasteiger partial charge in [0.15, 0.2) is 0 Å². The highest BCUT2D eigenvalue weighted by Crippen LogP contribution is 2.20. The van der Waals surface area contributed by atoms with E-state index in [-0.39, 0.29) is 5.56 Å². The maximum absolute atomic E-state index is 11.6. The third-order valence-electron chi connectivity index (χ3n) is 2.77. The predicted molar refractivity (Wildman–Crippen MR) is 56.4 cm³/mol. The summed E-state index contributed by atoms with van der Waals surface area (Å²) < 4.78 is 5.07. The van der Waals surface area contributed by atoms with Crippen molar-refractivity contribution in [1.82, 2.24) is 15.3 Å². The van der Waals surface area contributed by atoms with Crippen LogP contribution in [0.15, 0.2) is 4.79 Å². The van der Waals surface area contributed by atoms with Gasteiger partial charge in [-0.2, -0.15) is 4.98 Å². The molecule has 0 amide bonds. The molecular formula is C10H15N3O2. The first-order valence-electron chi connectivity index (χ1n) is 5.08. The van der Waals surface area contributed by atoms with Crippen LogP contribution in [0.5, 0.6) is 5.88 Å². The minimum Gasteiger partial charge on any atom is -0.481 e. The molecular weight excluding hydrogens is 194 g/mol. The highest BCUT2D eigenvalue weighted by atomic mass is 16.5. The molecule has 0 aliphatic carbocycles. The highest BCUT2D eigenvalue weighted by Gasteiger charge is 2.20. The van der Waals surface area contributed by atoms with Crippen molar-refractivity contribution in [3.05, 3.63) is 21.7 Å². The van der Waals surface area contributed by atoms with Gasteiger partial charge in [0.05, 0.1) is 12.7 Å². The second-order valence-electron chi connectivity index (χ2n) is 3.78. The van der Waals surface area contributed by atoms with E-state index in [1.54, 1.807) is 6.92 Å². The molecule has 1 fully saturated rings. The van der Waals surface area contributed by atoms with Crippen molar-refractivity contribution in [3.8, 4) is 5.88 Å². The Morgan fingerprint density at radius 1 is 1.53 bits per heavy atom. The molecule has 1 aliphatic rings. The van der Waals surface area contributed by atoms with Crippen molar-refractivity contribution < 1.29 is 4.74 Å². The number of ether oxygens (including phenoxy) is 1. The number of methoxy groups -OCH3 is 1. The van der Waals surface area contributed by atoms with Gasteiger partial charge < -0.3 is 15.0 Å². The van der Waals surface area contributed by atoms with Crippen LogP contribution in [0.2, 0.25) is 0 Å². The number of nitrogens with zero attached hydrogens (tertiary/aromatic N) is 1. The van der Waals surface area contributed by atoms with Crippen LogP contribution in [0.4, 0.5) is 0 Å². The van der Waals surface area contributed by atoms with E-state index in [1.807, 2.05) is 0 Å². The van der Waals surface area contributed by atoms with Crippen LogP contribution in [-0.4, -0.2) is 30.2 Å². The fourth-order valence-corrected chi connectivity index (χ4v) is 1.81. The maximum Gasteiger partial charge on any atom is 0.257 e. The number of aromatic nitrogens is 2. The van der Waals surface area contributed by atoms with Crippen molar-refractivity contribution >= 4 is 0 Å². The van der Waals surface area contributed by atoms with Crippen molar-refractivity contribution in [2.45, 2.75) is 19.3 Å². The van der Waals surface area contributed by atoms with Crippen LogP contribution in [0.1, 0.15) is 23.7 Å². The quantitative estimate of drug-likeness (QED) is 0.728. The molecule has 5 nitrogen and oxygen atoms in total. The number of rotatable bonds is 2. The van der Waals surface area contributed by atoms with Gasteiger partial charge in [-0.3, -0.25) is 4.79 Å². The Bertz CT molecular complexity index is 408. The van der Waals surface area contributed by atoms with Crippen molar-refractivity contribution in [2.24, 2.45) is 0 Å². The first-order chi connectivity index (χ1) is 7.22. The molecule has 0 spiro atoms. The van der Waals surface area contributed by atoms with Crippen LogP contribution in [-0.2, 0) is 0 Å². The fraction of sp³-hybridized carbons (Fsp3) is 0.600. The van der Waals surface area contributed by atoms with Crippen LogP contribution >= 0.6 is 0 Å². The smallest absolute Gasteiger partial charge is 0.257 e. The first kappa shape index (κ1) is 10.2. The lowest BCUT2D eigenvalue weighted by atomic mass is 10.1. The van der Waals surface area contributed by atoms with E-state index < -0.39 is 0 Å². The number of aromatic amines is 1. The van der Waals surface area contributed by atoms with Gasteiger partial charge in [-0.1, -0.05) is 0 Å². The Morgan fingerprint density at radius 3 is 2.93 bits per heavy atom. The summed E-state index contributed by atoms with van der Waals surface area (Å²) in [5.74, 6) is 1.46. The van der Waals surface area contributed by atoms with E-state index in [2.05, 4.69) is 15.3 Å². The van der Waals surface area contributed by atoms with Gasteiger partial charge in [0, 0.05) is 12.5 Å². The monoisotopic (exact) mass is 209 g/mol. The van der Waals surface area contributed by atoms with Crippen LogP contribution in [0, 0.1) is 6.92 Å². The standard InChI is InChI=1S/C10H15N3O2/c1-6-9(14)12-8(13-10(6)15-2)7-3-4-11-5-7/h7,11H,3-5H2,1-2H3,(H,12,13,14). The summed E-state index contributed by atoms with van der Waals surface area (Å²) in [4.78, 5) is 18.7. The summed E-state index contributed by atoms with van der Waals surface area (Å²) in [7, 11) is 1.53. The molecule has 5 heteroatoms. The number of nitrogens with one attached hydrogen (secondary N) is 2. The lowest BCUT2D eigenvalue weighted by molar-refractivity contribution is 0.388. The molecule has 2 rings (SSSR count). The van der Waals surface area contributed by atoms with Gasteiger partial charge >= 0.3 is 0 Å². The van der Waals surface area contributed by atoms with E-state index in [4.69, 9.17) is 4.74 Å². The molecule has 1 saturated heterocycles. The van der Waals surface area contributed by atoms with E-state index in [1.165, 1.54) is 7.11 Å². The van der Waals surface area contributed by atoms with E-state index in [9.17, 15) is 4.79 Å². The predicted octanol–water partition coefficient (Wildman–Crippen LogP) is 0.164. The average molecular weight is 209 g/mol. The van der Waals surface area contributed by atoms with Gasteiger partial charge in [0.25, 0.3) is 5.56 Å². The summed E-state index contributed by atoms with van der Waals surface area (Å²) in [5.41, 5.74) is 0.427. The Morgan fingerprint density at radius 2 is 2.33 bits per heavy atom. The summed E-state index contributed by atoms with van der Waals surface area (Å²) in [5, 5.41) is 3.24. The fourth-order valence-electron chi connectivity index (χ4n) is 1.81. The molecule has 1 aliphatic heterocycles. The molecule has 1 aromatic rings. The Kier molecular flexibility index (Phi) is 2.73. The minimum atomic E-state index is -0.108. The number of hydrogen-bond acceptors (Lipinski definition) is 4. The third-order valence-corrected chi connectivity index (χ3v) is 2.77.